The molecular formula is C17H33N3O4S. The zero-order valence-electron chi connectivity index (χ0n) is 15.9. The van der Waals surface area contributed by atoms with Crippen molar-refractivity contribution in [2.75, 3.05) is 12.0 Å². The lowest BCUT2D eigenvalue weighted by Crippen LogP contribution is -2.55. The van der Waals surface area contributed by atoms with Crippen molar-refractivity contribution in [3.63, 3.8) is 0 Å². The van der Waals surface area contributed by atoms with E-state index < -0.39 is 30.0 Å². The summed E-state index contributed by atoms with van der Waals surface area (Å²) in [5.74, 6) is -0.892. The highest BCUT2D eigenvalue weighted by molar-refractivity contribution is 7.98. The molecule has 0 bridgehead atoms. The summed E-state index contributed by atoms with van der Waals surface area (Å²) in [5.41, 5.74) is 5.87. The van der Waals surface area contributed by atoms with Crippen LogP contribution in [0.2, 0.25) is 0 Å². The Morgan fingerprint density at radius 2 is 1.48 bits per heavy atom. The van der Waals surface area contributed by atoms with Crippen LogP contribution in [0.5, 0.6) is 0 Å². The molecule has 0 aliphatic heterocycles. The number of thioether (sulfide) groups is 1. The molecule has 2 amide bonds. The number of hydrogen-bond acceptors (Lipinski definition) is 5. The van der Waals surface area contributed by atoms with Gasteiger partial charge in [-0.2, -0.15) is 11.8 Å². The highest BCUT2D eigenvalue weighted by Gasteiger charge is 2.28. The third-order valence-corrected chi connectivity index (χ3v) is 4.27. The first-order valence-electron chi connectivity index (χ1n) is 8.66. The summed E-state index contributed by atoms with van der Waals surface area (Å²) in [6.45, 7) is 7.80. The van der Waals surface area contributed by atoms with Crippen molar-refractivity contribution in [2.45, 2.75) is 65.1 Å². The molecule has 7 nitrogen and oxygen atoms in total. The van der Waals surface area contributed by atoms with E-state index in [0.29, 0.717) is 25.0 Å². The van der Waals surface area contributed by atoms with E-state index in [4.69, 9.17) is 5.73 Å². The van der Waals surface area contributed by atoms with Gasteiger partial charge in [-0.3, -0.25) is 9.59 Å². The fourth-order valence-electron chi connectivity index (χ4n) is 2.36. The number of hydrogen-bond donors (Lipinski definition) is 4. The van der Waals surface area contributed by atoms with Gasteiger partial charge < -0.3 is 21.5 Å². The molecule has 0 fully saturated rings. The molecule has 146 valence electrons. The van der Waals surface area contributed by atoms with E-state index in [0.717, 1.165) is 0 Å². The Morgan fingerprint density at radius 1 is 0.960 bits per heavy atom. The lowest BCUT2D eigenvalue weighted by atomic mass is 10.0. The van der Waals surface area contributed by atoms with E-state index in [1.54, 1.807) is 0 Å². The van der Waals surface area contributed by atoms with E-state index in [1.165, 1.54) is 11.8 Å². The zero-order valence-corrected chi connectivity index (χ0v) is 16.7. The number of amides is 2. The van der Waals surface area contributed by atoms with Gasteiger partial charge >= 0.3 is 5.97 Å². The number of rotatable bonds is 12. The van der Waals surface area contributed by atoms with Crippen LogP contribution in [0.25, 0.3) is 0 Å². The third-order valence-electron chi connectivity index (χ3n) is 3.63. The molecule has 0 aromatic heterocycles. The molecular weight excluding hydrogens is 342 g/mol. The minimum absolute atomic E-state index is 0.159. The van der Waals surface area contributed by atoms with Crippen LogP contribution in [0.3, 0.4) is 0 Å². The minimum atomic E-state index is -1.08. The zero-order chi connectivity index (χ0) is 19.6. The van der Waals surface area contributed by atoms with E-state index in [1.807, 2.05) is 34.0 Å². The average molecular weight is 376 g/mol. The van der Waals surface area contributed by atoms with Crippen molar-refractivity contribution >= 4 is 29.5 Å². The fourth-order valence-corrected chi connectivity index (χ4v) is 2.83. The van der Waals surface area contributed by atoms with Gasteiger partial charge in [0.2, 0.25) is 11.8 Å². The Morgan fingerprint density at radius 3 is 1.92 bits per heavy atom. The first kappa shape index (κ1) is 23.7. The van der Waals surface area contributed by atoms with Crippen LogP contribution in [0, 0.1) is 11.8 Å². The van der Waals surface area contributed by atoms with Crippen LogP contribution < -0.4 is 16.4 Å². The van der Waals surface area contributed by atoms with Gasteiger partial charge in [0.05, 0.1) is 6.04 Å². The highest BCUT2D eigenvalue weighted by Crippen LogP contribution is 2.09. The Balaban J connectivity index is 4.96. The second kappa shape index (κ2) is 12.1. The van der Waals surface area contributed by atoms with Crippen LogP contribution in [0.15, 0.2) is 0 Å². The average Bonchev–Trinajstić information content (AvgIpc) is 2.48. The van der Waals surface area contributed by atoms with Gasteiger partial charge in [-0.25, -0.2) is 4.79 Å². The summed E-state index contributed by atoms with van der Waals surface area (Å²) in [7, 11) is 0. The molecule has 0 spiro atoms. The number of nitrogens with one attached hydrogen (secondary N) is 2. The fraction of sp³-hybridized carbons (Fsp3) is 0.824. The molecule has 3 atom stereocenters. The second-order valence-electron chi connectivity index (χ2n) is 7.11. The van der Waals surface area contributed by atoms with E-state index in [2.05, 4.69) is 10.6 Å². The molecule has 5 N–H and O–H groups in total. The predicted octanol–water partition coefficient (Wildman–Crippen LogP) is 1.21. The molecule has 0 aliphatic rings. The van der Waals surface area contributed by atoms with Gasteiger partial charge in [0.1, 0.15) is 12.1 Å². The molecule has 0 saturated carbocycles. The Labute approximate surface area is 154 Å². The SMILES string of the molecule is CSCC[C@H](NC(=O)[C@H](CC(C)C)NC(=O)[C@@H](N)CC(C)C)C(=O)O. The van der Waals surface area contributed by atoms with Crippen molar-refractivity contribution in [1.82, 2.24) is 10.6 Å². The van der Waals surface area contributed by atoms with Gasteiger partial charge in [-0.1, -0.05) is 27.7 Å². The molecule has 0 aromatic rings. The third kappa shape index (κ3) is 10.3. The number of carbonyl (C=O) groups is 3. The van der Waals surface area contributed by atoms with Crippen LogP contribution in [-0.4, -0.2) is 53.0 Å². The molecule has 25 heavy (non-hydrogen) atoms. The number of carbonyl (C=O) groups excluding carboxylic acids is 2. The maximum Gasteiger partial charge on any atom is 0.326 e. The second-order valence-corrected chi connectivity index (χ2v) is 8.09. The highest BCUT2D eigenvalue weighted by atomic mass is 32.2. The van der Waals surface area contributed by atoms with Crippen molar-refractivity contribution in [1.29, 1.82) is 0 Å². The van der Waals surface area contributed by atoms with Gasteiger partial charge in [0, 0.05) is 0 Å². The number of carboxylic acids is 1. The van der Waals surface area contributed by atoms with E-state index >= 15 is 0 Å². The monoisotopic (exact) mass is 375 g/mol. The number of carboxylic acid groups (broad SMARTS) is 1. The van der Waals surface area contributed by atoms with E-state index in [-0.39, 0.29) is 17.7 Å². The largest absolute Gasteiger partial charge is 0.480 e. The maximum atomic E-state index is 12.5. The van der Waals surface area contributed by atoms with Gasteiger partial charge in [0.25, 0.3) is 0 Å². The minimum Gasteiger partial charge on any atom is -0.480 e. The summed E-state index contributed by atoms with van der Waals surface area (Å²) < 4.78 is 0. The van der Waals surface area contributed by atoms with Crippen LogP contribution in [0.4, 0.5) is 0 Å². The standard InChI is InChI=1S/C17H33N3O4S/c1-10(2)8-12(18)15(21)20-14(9-11(3)4)16(22)19-13(17(23)24)6-7-25-5/h10-14H,6-9,18H2,1-5H3,(H,19,22)(H,20,21)(H,23,24)/t12-,13-,14-/m0/s1. The predicted molar refractivity (Wildman–Crippen MR) is 101 cm³/mol. The Kier molecular flexibility index (Phi) is 11.5. The van der Waals surface area contributed by atoms with Crippen LogP contribution >= 0.6 is 11.8 Å². The van der Waals surface area contributed by atoms with Crippen molar-refractivity contribution in [3.8, 4) is 0 Å². The lowest BCUT2D eigenvalue weighted by Gasteiger charge is -2.24. The number of aliphatic carboxylic acids is 1. The summed E-state index contributed by atoms with van der Waals surface area (Å²) in [5, 5.41) is 14.5. The summed E-state index contributed by atoms with van der Waals surface area (Å²) in [4.78, 5) is 36.0. The molecule has 0 aliphatic carbocycles. The summed E-state index contributed by atoms with van der Waals surface area (Å²) in [6.07, 6.45) is 3.14. The topological polar surface area (TPSA) is 122 Å². The molecule has 0 aromatic carbocycles. The van der Waals surface area contributed by atoms with Gasteiger partial charge in [0.15, 0.2) is 0 Å². The molecule has 0 heterocycles. The molecule has 0 saturated heterocycles. The quantitative estimate of drug-likeness (QED) is 0.407. The van der Waals surface area contributed by atoms with Crippen molar-refractivity contribution in [2.24, 2.45) is 17.6 Å². The molecule has 8 heteroatoms. The summed E-state index contributed by atoms with van der Waals surface area (Å²) in [6, 6.07) is -2.44. The Bertz CT molecular complexity index is 444. The first-order chi connectivity index (χ1) is 11.6. The van der Waals surface area contributed by atoms with Crippen molar-refractivity contribution < 1.29 is 19.5 Å². The Hall–Kier alpha value is -1.28. The molecule has 0 radical (unpaired) electrons. The van der Waals surface area contributed by atoms with Gasteiger partial charge in [-0.05, 0) is 43.1 Å². The molecule has 0 unspecified atom stereocenters. The summed E-state index contributed by atoms with van der Waals surface area (Å²) >= 11 is 1.51. The van der Waals surface area contributed by atoms with E-state index in [9.17, 15) is 19.5 Å². The van der Waals surface area contributed by atoms with Crippen molar-refractivity contribution in [3.05, 3.63) is 0 Å². The maximum absolute atomic E-state index is 12.5. The van der Waals surface area contributed by atoms with Crippen LogP contribution in [0.1, 0.15) is 47.0 Å². The molecule has 0 rings (SSSR count). The first-order valence-corrected chi connectivity index (χ1v) is 10.1. The number of nitrogens with two attached hydrogens (primary N) is 1. The lowest BCUT2D eigenvalue weighted by molar-refractivity contribution is -0.142. The smallest absolute Gasteiger partial charge is 0.326 e. The van der Waals surface area contributed by atoms with Crippen LogP contribution in [-0.2, 0) is 14.4 Å². The van der Waals surface area contributed by atoms with Gasteiger partial charge in [-0.15, -0.1) is 0 Å². The normalized spacial score (nSPS) is 14.9.